The first-order valence-electron chi connectivity index (χ1n) is 8.39. The average Bonchev–Trinajstić information content (AvgIpc) is 3.01. The molecule has 0 bridgehead atoms. The van der Waals surface area contributed by atoms with Gasteiger partial charge < -0.3 is 10.2 Å². The number of rotatable bonds is 5. The van der Waals surface area contributed by atoms with Gasteiger partial charge in [-0.2, -0.15) is 5.10 Å². The number of anilines is 1. The summed E-state index contributed by atoms with van der Waals surface area (Å²) in [6.45, 7) is 5.22. The molecule has 0 amide bonds. The lowest BCUT2D eigenvalue weighted by Gasteiger charge is -2.40. The fourth-order valence-corrected chi connectivity index (χ4v) is 3.34. The lowest BCUT2D eigenvalue weighted by atomic mass is 9.99. The lowest BCUT2D eigenvalue weighted by molar-refractivity contribution is 0.364. The Morgan fingerprint density at radius 1 is 1.26 bits per heavy atom. The van der Waals surface area contributed by atoms with Crippen LogP contribution in [0.3, 0.4) is 0 Å². The van der Waals surface area contributed by atoms with Crippen molar-refractivity contribution in [1.29, 1.82) is 0 Å². The number of aryl methyl sites for hydroxylation is 2. The molecule has 1 N–H and O–H groups in total. The Balaban J connectivity index is 1.27. The summed E-state index contributed by atoms with van der Waals surface area (Å²) in [6.07, 6.45) is 8.75. The van der Waals surface area contributed by atoms with Gasteiger partial charge in [-0.3, -0.25) is 9.97 Å². The summed E-state index contributed by atoms with van der Waals surface area (Å²) in [4.78, 5) is 10.8. The summed E-state index contributed by atoms with van der Waals surface area (Å²) in [5, 5.41) is 12.3. The van der Waals surface area contributed by atoms with Crippen LogP contribution in [0.2, 0.25) is 0 Å². The fourth-order valence-electron chi connectivity index (χ4n) is 3.34. The number of nitrogens with zero attached hydrogens (tertiary/aromatic N) is 5. The first kappa shape index (κ1) is 14.5. The van der Waals surface area contributed by atoms with Gasteiger partial charge in [-0.05, 0) is 37.8 Å². The van der Waals surface area contributed by atoms with E-state index in [0.717, 1.165) is 44.0 Å². The largest absolute Gasteiger partial charge is 0.354 e. The van der Waals surface area contributed by atoms with Crippen molar-refractivity contribution in [3.05, 3.63) is 41.6 Å². The first-order valence-corrected chi connectivity index (χ1v) is 8.39. The van der Waals surface area contributed by atoms with Crippen LogP contribution < -0.4 is 10.2 Å². The molecule has 0 radical (unpaired) electrons. The summed E-state index contributed by atoms with van der Waals surface area (Å²) in [6, 6.07) is 2.47. The van der Waals surface area contributed by atoms with Crippen LogP contribution in [0, 0.1) is 5.92 Å². The van der Waals surface area contributed by atoms with E-state index in [1.807, 2.05) is 6.20 Å². The SMILES string of the molecule is CC(NCC1CN(c2cc3c(nn2)CCC3)C1)c1cnccn1. The van der Waals surface area contributed by atoms with E-state index in [4.69, 9.17) is 0 Å². The molecule has 1 atom stereocenters. The van der Waals surface area contributed by atoms with E-state index in [9.17, 15) is 0 Å². The monoisotopic (exact) mass is 310 g/mol. The average molecular weight is 310 g/mol. The van der Waals surface area contributed by atoms with E-state index in [0.29, 0.717) is 5.92 Å². The summed E-state index contributed by atoms with van der Waals surface area (Å²) in [5.41, 5.74) is 3.59. The molecule has 0 spiro atoms. The van der Waals surface area contributed by atoms with Gasteiger partial charge in [0.05, 0.1) is 11.4 Å². The van der Waals surface area contributed by atoms with E-state index in [1.54, 1.807) is 12.4 Å². The number of fused-ring (bicyclic) bond motifs is 1. The van der Waals surface area contributed by atoms with Crippen LogP contribution in [0.25, 0.3) is 0 Å². The van der Waals surface area contributed by atoms with Gasteiger partial charge in [0.15, 0.2) is 5.82 Å². The molecule has 1 saturated heterocycles. The second-order valence-corrected chi connectivity index (χ2v) is 6.56. The summed E-state index contributed by atoms with van der Waals surface area (Å²) in [5.74, 6) is 1.70. The van der Waals surface area contributed by atoms with Crippen LogP contribution in [0.1, 0.15) is 36.3 Å². The molecule has 0 saturated carbocycles. The molecule has 1 unspecified atom stereocenters. The predicted molar refractivity (Wildman–Crippen MR) is 88.2 cm³/mol. The predicted octanol–water partition coefficient (Wildman–Crippen LogP) is 1.54. The van der Waals surface area contributed by atoms with Crippen molar-refractivity contribution in [1.82, 2.24) is 25.5 Å². The van der Waals surface area contributed by atoms with Gasteiger partial charge in [-0.15, -0.1) is 5.10 Å². The van der Waals surface area contributed by atoms with Crippen molar-refractivity contribution in [2.75, 3.05) is 24.5 Å². The van der Waals surface area contributed by atoms with E-state index in [2.05, 4.69) is 43.4 Å². The normalized spacial score (nSPS) is 18.6. The molecule has 6 nitrogen and oxygen atoms in total. The number of hydrogen-bond donors (Lipinski definition) is 1. The molecule has 3 heterocycles. The van der Waals surface area contributed by atoms with E-state index < -0.39 is 0 Å². The highest BCUT2D eigenvalue weighted by molar-refractivity contribution is 5.45. The van der Waals surface area contributed by atoms with Gasteiger partial charge in [-0.1, -0.05) is 0 Å². The van der Waals surface area contributed by atoms with E-state index >= 15 is 0 Å². The highest BCUT2D eigenvalue weighted by Crippen LogP contribution is 2.27. The zero-order valence-electron chi connectivity index (χ0n) is 13.4. The molecule has 23 heavy (non-hydrogen) atoms. The highest BCUT2D eigenvalue weighted by Gasteiger charge is 2.29. The molecule has 2 aliphatic rings. The molecule has 6 heteroatoms. The third-order valence-electron chi connectivity index (χ3n) is 4.83. The highest BCUT2D eigenvalue weighted by atomic mass is 15.3. The van der Waals surface area contributed by atoms with Crippen molar-refractivity contribution < 1.29 is 0 Å². The minimum atomic E-state index is 0.234. The van der Waals surface area contributed by atoms with Crippen molar-refractivity contribution in [2.45, 2.75) is 32.2 Å². The van der Waals surface area contributed by atoms with Crippen molar-refractivity contribution >= 4 is 5.82 Å². The molecular formula is C17H22N6. The van der Waals surface area contributed by atoms with Crippen molar-refractivity contribution in [2.24, 2.45) is 5.92 Å². The number of nitrogens with one attached hydrogen (secondary N) is 1. The third-order valence-corrected chi connectivity index (χ3v) is 4.83. The maximum absolute atomic E-state index is 4.39. The van der Waals surface area contributed by atoms with Crippen LogP contribution in [-0.2, 0) is 12.8 Å². The molecule has 1 fully saturated rings. The van der Waals surface area contributed by atoms with Crippen LogP contribution >= 0.6 is 0 Å². The molecule has 120 valence electrons. The summed E-state index contributed by atoms with van der Waals surface area (Å²) in [7, 11) is 0. The van der Waals surface area contributed by atoms with Crippen LogP contribution in [0.5, 0.6) is 0 Å². The third kappa shape index (κ3) is 3.03. The lowest BCUT2D eigenvalue weighted by Crippen LogP contribution is -2.51. The Morgan fingerprint density at radius 3 is 3.00 bits per heavy atom. The maximum Gasteiger partial charge on any atom is 0.151 e. The number of aromatic nitrogens is 4. The van der Waals surface area contributed by atoms with Crippen LogP contribution in [-0.4, -0.2) is 39.8 Å². The minimum absolute atomic E-state index is 0.234. The van der Waals surface area contributed by atoms with Gasteiger partial charge >= 0.3 is 0 Å². The van der Waals surface area contributed by atoms with E-state index in [1.165, 1.54) is 17.7 Å². The second-order valence-electron chi connectivity index (χ2n) is 6.56. The van der Waals surface area contributed by atoms with Gasteiger partial charge in [0.25, 0.3) is 0 Å². The van der Waals surface area contributed by atoms with Crippen molar-refractivity contribution in [3.8, 4) is 0 Å². The van der Waals surface area contributed by atoms with Crippen LogP contribution in [0.4, 0.5) is 5.82 Å². The summed E-state index contributed by atoms with van der Waals surface area (Å²) < 4.78 is 0. The Labute approximate surface area is 136 Å². The Morgan fingerprint density at radius 2 is 2.17 bits per heavy atom. The standard InChI is InChI=1S/C17H22N6/c1-12(16-9-18-5-6-19-16)20-8-13-10-23(11-13)17-7-14-3-2-4-15(14)21-22-17/h5-7,9,12-13,20H,2-4,8,10-11H2,1H3. The van der Waals surface area contributed by atoms with Crippen molar-refractivity contribution in [3.63, 3.8) is 0 Å². The molecule has 2 aromatic heterocycles. The molecule has 4 rings (SSSR count). The van der Waals surface area contributed by atoms with Gasteiger partial charge in [-0.25, -0.2) is 0 Å². The molecule has 1 aliphatic heterocycles. The maximum atomic E-state index is 4.39. The zero-order chi connectivity index (χ0) is 15.6. The van der Waals surface area contributed by atoms with Gasteiger partial charge in [0.2, 0.25) is 0 Å². The van der Waals surface area contributed by atoms with Crippen LogP contribution in [0.15, 0.2) is 24.7 Å². The Bertz CT molecular complexity index is 668. The minimum Gasteiger partial charge on any atom is -0.354 e. The fraction of sp³-hybridized carbons (Fsp3) is 0.529. The first-order chi connectivity index (χ1) is 11.3. The van der Waals surface area contributed by atoms with E-state index in [-0.39, 0.29) is 6.04 Å². The molecular weight excluding hydrogens is 288 g/mol. The summed E-state index contributed by atoms with van der Waals surface area (Å²) >= 11 is 0. The van der Waals surface area contributed by atoms with Gasteiger partial charge in [0.1, 0.15) is 0 Å². The Kier molecular flexibility index (Phi) is 3.91. The zero-order valence-corrected chi connectivity index (χ0v) is 13.4. The topological polar surface area (TPSA) is 66.8 Å². The smallest absolute Gasteiger partial charge is 0.151 e. The number of hydrogen-bond acceptors (Lipinski definition) is 6. The second kappa shape index (κ2) is 6.20. The molecule has 0 aromatic carbocycles. The Hall–Kier alpha value is -2.08. The van der Waals surface area contributed by atoms with Gasteiger partial charge in [0, 0.05) is 50.2 Å². The molecule has 2 aromatic rings. The quantitative estimate of drug-likeness (QED) is 0.903. The molecule has 1 aliphatic carbocycles.